The van der Waals surface area contributed by atoms with Crippen molar-refractivity contribution in [2.24, 2.45) is 0 Å². The Kier molecular flexibility index (Phi) is 2.58. The normalized spacial score (nSPS) is 9.73. The lowest BCUT2D eigenvalue weighted by molar-refractivity contribution is 0.109. The molecule has 0 aliphatic rings. The van der Waals surface area contributed by atoms with E-state index in [-0.39, 0.29) is 5.12 Å². The molecule has 0 saturated carbocycles. The lowest BCUT2D eigenvalue weighted by Crippen LogP contribution is -1.92. The summed E-state index contributed by atoms with van der Waals surface area (Å²) in [6.45, 7) is 1.83. The highest BCUT2D eigenvalue weighted by Crippen LogP contribution is 2.16. The Morgan fingerprint density at radius 2 is 2.18 bits per heavy atom. The third-order valence-corrected chi connectivity index (χ3v) is 1.89. The standard InChI is InChI=1S/C8H7ClOS/c1-5-4-6(9)2-3-7(5)8(10)11/h2-4H,1H3,(H,10,11). The van der Waals surface area contributed by atoms with Crippen LogP contribution in [0.4, 0.5) is 0 Å². The molecule has 58 valence electrons. The number of benzene rings is 1. The van der Waals surface area contributed by atoms with Crippen LogP contribution >= 0.6 is 24.2 Å². The van der Waals surface area contributed by atoms with Gasteiger partial charge in [0, 0.05) is 10.6 Å². The topological polar surface area (TPSA) is 17.1 Å². The summed E-state index contributed by atoms with van der Waals surface area (Å²) < 4.78 is 0. The third-order valence-electron chi connectivity index (χ3n) is 1.42. The SMILES string of the molecule is Cc1cc(Cl)ccc1C(=O)S. The van der Waals surface area contributed by atoms with Crippen LogP contribution in [0.25, 0.3) is 0 Å². The largest absolute Gasteiger partial charge is 0.282 e. The van der Waals surface area contributed by atoms with E-state index in [0.29, 0.717) is 10.6 Å². The van der Waals surface area contributed by atoms with E-state index in [4.69, 9.17) is 11.6 Å². The van der Waals surface area contributed by atoms with Crippen LogP contribution in [-0.4, -0.2) is 5.12 Å². The predicted molar refractivity (Wildman–Crippen MR) is 49.5 cm³/mol. The zero-order chi connectivity index (χ0) is 8.43. The summed E-state index contributed by atoms with van der Waals surface area (Å²) in [6, 6.07) is 5.09. The highest BCUT2D eigenvalue weighted by atomic mass is 35.5. The molecule has 3 heteroatoms. The van der Waals surface area contributed by atoms with Crippen LogP contribution in [0.2, 0.25) is 5.02 Å². The second kappa shape index (κ2) is 3.28. The van der Waals surface area contributed by atoms with E-state index in [1.54, 1.807) is 18.2 Å². The summed E-state index contributed by atoms with van der Waals surface area (Å²) in [7, 11) is 0. The van der Waals surface area contributed by atoms with Crippen LogP contribution in [0.15, 0.2) is 18.2 Å². The molecule has 0 heterocycles. The minimum atomic E-state index is -0.223. The number of rotatable bonds is 1. The molecule has 0 aliphatic heterocycles. The van der Waals surface area contributed by atoms with Crippen molar-refractivity contribution in [1.29, 1.82) is 0 Å². The van der Waals surface area contributed by atoms with Gasteiger partial charge in [0.2, 0.25) is 5.12 Å². The molecular formula is C8H7ClOS. The fourth-order valence-electron chi connectivity index (χ4n) is 0.867. The van der Waals surface area contributed by atoms with Crippen molar-refractivity contribution in [3.8, 4) is 0 Å². The van der Waals surface area contributed by atoms with Crippen LogP contribution in [0.1, 0.15) is 15.9 Å². The monoisotopic (exact) mass is 186 g/mol. The fraction of sp³-hybridized carbons (Fsp3) is 0.125. The molecule has 0 aromatic heterocycles. The van der Waals surface area contributed by atoms with Crippen molar-refractivity contribution in [2.45, 2.75) is 6.92 Å². The van der Waals surface area contributed by atoms with Crippen LogP contribution in [0, 0.1) is 6.92 Å². The van der Waals surface area contributed by atoms with E-state index >= 15 is 0 Å². The van der Waals surface area contributed by atoms with E-state index < -0.39 is 0 Å². The summed E-state index contributed by atoms with van der Waals surface area (Å²) >= 11 is 9.39. The van der Waals surface area contributed by atoms with E-state index in [9.17, 15) is 4.79 Å². The van der Waals surface area contributed by atoms with Crippen molar-refractivity contribution in [1.82, 2.24) is 0 Å². The highest BCUT2D eigenvalue weighted by molar-refractivity contribution is 7.97. The lowest BCUT2D eigenvalue weighted by Gasteiger charge is -1.99. The Morgan fingerprint density at radius 3 is 2.64 bits per heavy atom. The molecule has 1 nitrogen and oxygen atoms in total. The Hall–Kier alpha value is -0.470. The predicted octanol–water partition coefficient (Wildman–Crippen LogP) is 2.72. The van der Waals surface area contributed by atoms with Gasteiger partial charge in [0.1, 0.15) is 0 Å². The molecule has 11 heavy (non-hydrogen) atoms. The van der Waals surface area contributed by atoms with Gasteiger partial charge in [-0.15, -0.1) is 12.6 Å². The number of carbonyl (C=O) groups is 1. The fourth-order valence-corrected chi connectivity index (χ4v) is 1.34. The molecule has 0 unspecified atom stereocenters. The minimum absolute atomic E-state index is 0.223. The zero-order valence-electron chi connectivity index (χ0n) is 5.97. The van der Waals surface area contributed by atoms with Crippen LogP contribution in [0.5, 0.6) is 0 Å². The number of aryl methyl sites for hydroxylation is 1. The maximum atomic E-state index is 10.8. The van der Waals surface area contributed by atoms with Gasteiger partial charge in [-0.25, -0.2) is 0 Å². The van der Waals surface area contributed by atoms with Crippen LogP contribution in [-0.2, 0) is 0 Å². The number of thiol groups is 1. The third kappa shape index (κ3) is 1.98. The molecule has 0 spiro atoms. The average Bonchev–Trinajstić information content (AvgIpc) is 1.85. The summed E-state index contributed by atoms with van der Waals surface area (Å²) in [4.78, 5) is 10.8. The number of halogens is 1. The molecule has 0 saturated heterocycles. The molecule has 0 atom stereocenters. The number of hydrogen-bond acceptors (Lipinski definition) is 1. The van der Waals surface area contributed by atoms with Gasteiger partial charge in [0.05, 0.1) is 0 Å². The minimum Gasteiger partial charge on any atom is -0.282 e. The van der Waals surface area contributed by atoms with Gasteiger partial charge < -0.3 is 0 Å². The summed E-state index contributed by atoms with van der Waals surface area (Å²) in [5.74, 6) is 0. The van der Waals surface area contributed by atoms with Crippen molar-refractivity contribution < 1.29 is 4.79 Å². The van der Waals surface area contributed by atoms with Gasteiger partial charge in [0.25, 0.3) is 0 Å². The Balaban J connectivity index is 3.20. The van der Waals surface area contributed by atoms with Crippen LogP contribution in [0.3, 0.4) is 0 Å². The molecule has 1 rings (SSSR count). The zero-order valence-corrected chi connectivity index (χ0v) is 7.62. The summed E-state index contributed by atoms with van der Waals surface area (Å²) in [5.41, 5.74) is 1.47. The second-order valence-corrected chi connectivity index (χ2v) is 3.11. The Labute approximate surface area is 75.8 Å². The van der Waals surface area contributed by atoms with E-state index in [1.165, 1.54) is 0 Å². The molecular weight excluding hydrogens is 180 g/mol. The molecule has 0 amide bonds. The van der Waals surface area contributed by atoms with E-state index in [0.717, 1.165) is 5.56 Å². The number of carbonyl (C=O) groups excluding carboxylic acids is 1. The maximum absolute atomic E-state index is 10.8. The molecule has 0 radical (unpaired) electrons. The smallest absolute Gasteiger partial charge is 0.216 e. The van der Waals surface area contributed by atoms with Gasteiger partial charge >= 0.3 is 0 Å². The van der Waals surface area contributed by atoms with Crippen molar-refractivity contribution in [3.05, 3.63) is 34.3 Å². The summed E-state index contributed by atoms with van der Waals surface area (Å²) in [6.07, 6.45) is 0. The molecule has 0 aliphatic carbocycles. The highest BCUT2D eigenvalue weighted by Gasteiger charge is 2.03. The average molecular weight is 187 g/mol. The van der Waals surface area contributed by atoms with Gasteiger partial charge in [0.15, 0.2) is 0 Å². The first kappa shape index (κ1) is 8.62. The van der Waals surface area contributed by atoms with Gasteiger partial charge in [-0.3, -0.25) is 4.79 Å². The molecule has 0 bridgehead atoms. The van der Waals surface area contributed by atoms with Gasteiger partial charge in [-0.1, -0.05) is 11.6 Å². The molecule has 0 fully saturated rings. The molecule has 1 aromatic carbocycles. The second-order valence-electron chi connectivity index (χ2n) is 2.26. The lowest BCUT2D eigenvalue weighted by atomic mass is 10.1. The first-order valence-corrected chi connectivity index (χ1v) is 3.93. The number of hydrogen-bond donors (Lipinski definition) is 1. The molecule has 0 N–H and O–H groups in total. The van der Waals surface area contributed by atoms with Gasteiger partial charge in [-0.2, -0.15) is 0 Å². The maximum Gasteiger partial charge on any atom is 0.216 e. The first-order chi connectivity index (χ1) is 5.11. The van der Waals surface area contributed by atoms with E-state index in [2.05, 4.69) is 12.6 Å². The van der Waals surface area contributed by atoms with Crippen LogP contribution < -0.4 is 0 Å². The van der Waals surface area contributed by atoms with Crippen molar-refractivity contribution >= 4 is 29.3 Å². The van der Waals surface area contributed by atoms with Crippen molar-refractivity contribution in [2.75, 3.05) is 0 Å². The van der Waals surface area contributed by atoms with Crippen molar-refractivity contribution in [3.63, 3.8) is 0 Å². The summed E-state index contributed by atoms with van der Waals surface area (Å²) in [5, 5.41) is 0.417. The molecule has 1 aromatic rings. The Morgan fingerprint density at radius 1 is 1.55 bits per heavy atom. The van der Waals surface area contributed by atoms with Gasteiger partial charge in [-0.05, 0) is 30.7 Å². The quantitative estimate of drug-likeness (QED) is 0.668. The Bertz CT molecular complexity index is 296. The van der Waals surface area contributed by atoms with E-state index in [1.807, 2.05) is 6.92 Å². The first-order valence-electron chi connectivity index (χ1n) is 3.10.